The maximum absolute atomic E-state index is 12.6. The zero-order chi connectivity index (χ0) is 50.2. The van der Waals surface area contributed by atoms with Gasteiger partial charge in [0, 0.05) is 0 Å². The number of amides is 1. The summed E-state index contributed by atoms with van der Waals surface area (Å²) in [6, 6.07) is -0.981. The second-order valence-electron chi connectivity index (χ2n) is 22.5. The molecule has 0 aliphatic carbocycles. The van der Waals surface area contributed by atoms with Crippen molar-refractivity contribution in [3.05, 3.63) is 0 Å². The first-order valence-electron chi connectivity index (χ1n) is 31.9. The molecule has 69 heavy (non-hydrogen) atoms. The lowest BCUT2D eigenvalue weighted by Gasteiger charge is -2.27. The van der Waals surface area contributed by atoms with Crippen LogP contribution in [0.4, 0.5) is 0 Å². The predicted octanol–water partition coefficient (Wildman–Crippen LogP) is 19.0. The fourth-order valence-electron chi connectivity index (χ4n) is 10.6. The molecule has 0 bridgehead atoms. The maximum atomic E-state index is 12.6. The van der Waals surface area contributed by atoms with Crippen molar-refractivity contribution in [2.75, 3.05) is 6.61 Å². The Morgan fingerprint density at radius 1 is 0.304 bits per heavy atom. The van der Waals surface area contributed by atoms with Gasteiger partial charge in [0.25, 0.3) is 0 Å². The van der Waals surface area contributed by atoms with Crippen LogP contribution in [0, 0.1) is 0 Å². The molecular formula is C63H127NO5. The van der Waals surface area contributed by atoms with Gasteiger partial charge in [0.15, 0.2) is 0 Å². The lowest BCUT2D eigenvalue weighted by atomic mass is 9.99. The highest BCUT2D eigenvalue weighted by Gasteiger charge is 2.28. The average molecular weight is 979 g/mol. The van der Waals surface area contributed by atoms with Crippen LogP contribution in [0.2, 0.25) is 0 Å². The Morgan fingerprint density at radius 2 is 0.493 bits per heavy atom. The molecule has 0 aromatic rings. The molecule has 0 saturated heterocycles. The summed E-state index contributed by atoms with van der Waals surface area (Å²) < 4.78 is 0. The number of nitrogens with one attached hydrogen (secondary N) is 1. The average Bonchev–Trinajstić information content (AvgIpc) is 3.35. The first-order chi connectivity index (χ1) is 34.0. The summed E-state index contributed by atoms with van der Waals surface area (Å²) >= 11 is 0. The zero-order valence-corrected chi connectivity index (χ0v) is 47.1. The molecule has 5 N–H and O–H groups in total. The summed E-state index contributed by atoms with van der Waals surface area (Å²) in [6.07, 6.45) is 69.2. The van der Waals surface area contributed by atoms with Crippen LogP contribution >= 0.6 is 0 Å². The van der Waals surface area contributed by atoms with Crippen molar-refractivity contribution in [2.24, 2.45) is 0 Å². The lowest BCUT2D eigenvalue weighted by molar-refractivity contribution is -0.132. The predicted molar refractivity (Wildman–Crippen MR) is 302 cm³/mol. The Labute approximate surface area is 432 Å². The first kappa shape index (κ1) is 68.3. The largest absolute Gasteiger partial charge is 0.394 e. The number of rotatable bonds is 60. The fourth-order valence-corrected chi connectivity index (χ4v) is 10.6. The Bertz CT molecular complexity index is 964. The monoisotopic (exact) mass is 978 g/mol. The van der Waals surface area contributed by atoms with Crippen LogP contribution in [0.3, 0.4) is 0 Å². The Kier molecular flexibility index (Phi) is 57.6. The second-order valence-corrected chi connectivity index (χ2v) is 22.5. The Balaban J connectivity index is 3.53. The van der Waals surface area contributed by atoms with Gasteiger partial charge in [-0.3, -0.25) is 4.79 Å². The minimum Gasteiger partial charge on any atom is -0.394 e. The Hall–Kier alpha value is -0.690. The highest BCUT2D eigenvalue weighted by Crippen LogP contribution is 2.20. The molecule has 0 spiro atoms. The van der Waals surface area contributed by atoms with Crippen LogP contribution in [0.1, 0.15) is 367 Å². The van der Waals surface area contributed by atoms with E-state index in [2.05, 4.69) is 19.2 Å². The molecule has 0 heterocycles. The summed E-state index contributed by atoms with van der Waals surface area (Å²) in [5.41, 5.74) is 0. The highest BCUT2D eigenvalue weighted by atomic mass is 16.3. The van der Waals surface area contributed by atoms with E-state index < -0.39 is 36.9 Å². The number of hydrogen-bond donors (Lipinski definition) is 5. The van der Waals surface area contributed by atoms with Gasteiger partial charge in [-0.25, -0.2) is 0 Å². The quantitative estimate of drug-likeness (QED) is 0.0390. The molecule has 0 aromatic heterocycles. The van der Waals surface area contributed by atoms with E-state index in [0.29, 0.717) is 12.8 Å². The second kappa shape index (κ2) is 58.2. The molecule has 0 radical (unpaired) electrons. The first-order valence-corrected chi connectivity index (χ1v) is 31.9. The number of aliphatic hydroxyl groups is 4. The fraction of sp³-hybridized carbons (Fsp3) is 0.984. The summed E-state index contributed by atoms with van der Waals surface area (Å²) in [7, 11) is 0. The number of unbranched alkanes of at least 4 members (excludes halogenated alkanes) is 51. The standard InChI is InChI=1S/C63H127NO5/c1-3-5-7-9-11-13-15-17-19-21-23-25-27-28-29-30-31-32-33-35-36-38-40-42-44-46-48-50-52-54-56-60(66)62(68)59(58-65)64-63(69)61(67)57-55-53-51-49-47-45-43-41-39-37-34-26-24-22-20-18-16-14-12-10-8-6-4-2/h59-62,65-68H,3-58H2,1-2H3,(H,64,69). The SMILES string of the molecule is CCCCCCCCCCCCCCCCCCCCCCCCCCCCCCCCC(O)C(O)C(CO)NC(=O)C(O)CCCCCCCCCCCCCCCCCCCCCCCCC. The van der Waals surface area contributed by atoms with Gasteiger partial charge in [-0.2, -0.15) is 0 Å². The van der Waals surface area contributed by atoms with Gasteiger partial charge in [0.2, 0.25) is 5.91 Å². The number of hydrogen-bond acceptors (Lipinski definition) is 5. The van der Waals surface area contributed by atoms with E-state index in [0.717, 1.165) is 38.5 Å². The van der Waals surface area contributed by atoms with Gasteiger partial charge in [-0.15, -0.1) is 0 Å². The van der Waals surface area contributed by atoms with Crippen molar-refractivity contribution in [3.8, 4) is 0 Å². The van der Waals surface area contributed by atoms with E-state index in [1.807, 2.05) is 0 Å². The number of carbonyl (C=O) groups excluding carboxylic acids is 1. The minimum atomic E-state index is -1.26. The Morgan fingerprint density at radius 3 is 0.696 bits per heavy atom. The summed E-state index contributed by atoms with van der Waals surface area (Å²) in [6.45, 7) is 4.11. The molecule has 0 rings (SSSR count). The molecule has 0 saturated carbocycles. The summed E-state index contributed by atoms with van der Waals surface area (Å²) in [4.78, 5) is 12.6. The van der Waals surface area contributed by atoms with Crippen molar-refractivity contribution >= 4 is 5.91 Å². The molecule has 414 valence electrons. The van der Waals surface area contributed by atoms with E-state index in [1.54, 1.807) is 0 Å². The van der Waals surface area contributed by atoms with E-state index in [1.165, 1.54) is 302 Å². The number of aliphatic hydroxyl groups excluding tert-OH is 4. The van der Waals surface area contributed by atoms with E-state index in [-0.39, 0.29) is 0 Å². The number of carbonyl (C=O) groups is 1. The third kappa shape index (κ3) is 52.0. The van der Waals surface area contributed by atoms with Crippen LogP contribution in [-0.2, 0) is 4.79 Å². The third-order valence-electron chi connectivity index (χ3n) is 15.6. The van der Waals surface area contributed by atoms with Crippen LogP contribution in [0.5, 0.6) is 0 Å². The topological polar surface area (TPSA) is 110 Å². The lowest BCUT2D eigenvalue weighted by Crippen LogP contribution is -2.53. The summed E-state index contributed by atoms with van der Waals surface area (Å²) in [5, 5.41) is 44.2. The van der Waals surface area contributed by atoms with Crippen LogP contribution < -0.4 is 5.32 Å². The van der Waals surface area contributed by atoms with Crippen molar-refractivity contribution in [3.63, 3.8) is 0 Å². The molecular weight excluding hydrogens is 851 g/mol. The molecule has 1 amide bonds. The molecule has 6 nitrogen and oxygen atoms in total. The highest BCUT2D eigenvalue weighted by molar-refractivity contribution is 5.80. The van der Waals surface area contributed by atoms with Crippen LogP contribution in [-0.4, -0.2) is 57.3 Å². The molecule has 4 atom stereocenters. The van der Waals surface area contributed by atoms with E-state index >= 15 is 0 Å². The van der Waals surface area contributed by atoms with Crippen molar-refractivity contribution in [1.82, 2.24) is 5.32 Å². The molecule has 0 aliphatic heterocycles. The summed E-state index contributed by atoms with van der Waals surface area (Å²) in [5.74, 6) is -0.574. The van der Waals surface area contributed by atoms with Gasteiger partial charge >= 0.3 is 0 Å². The van der Waals surface area contributed by atoms with Crippen LogP contribution in [0.15, 0.2) is 0 Å². The van der Waals surface area contributed by atoms with Gasteiger partial charge in [-0.05, 0) is 12.8 Å². The van der Waals surface area contributed by atoms with Gasteiger partial charge in [0.1, 0.15) is 12.2 Å². The smallest absolute Gasteiger partial charge is 0.249 e. The van der Waals surface area contributed by atoms with E-state index in [4.69, 9.17) is 0 Å². The minimum absolute atomic E-state index is 0.376. The normalized spacial score (nSPS) is 13.5. The van der Waals surface area contributed by atoms with Crippen molar-refractivity contribution in [1.29, 1.82) is 0 Å². The van der Waals surface area contributed by atoms with Crippen molar-refractivity contribution < 1.29 is 25.2 Å². The third-order valence-corrected chi connectivity index (χ3v) is 15.6. The maximum Gasteiger partial charge on any atom is 0.249 e. The van der Waals surface area contributed by atoms with Gasteiger partial charge in [-0.1, -0.05) is 354 Å². The van der Waals surface area contributed by atoms with Crippen LogP contribution in [0.25, 0.3) is 0 Å². The van der Waals surface area contributed by atoms with Crippen molar-refractivity contribution in [2.45, 2.75) is 391 Å². The molecule has 0 aliphatic rings. The molecule has 0 aromatic carbocycles. The molecule has 6 heteroatoms. The zero-order valence-electron chi connectivity index (χ0n) is 47.1. The van der Waals surface area contributed by atoms with Gasteiger partial charge < -0.3 is 25.7 Å². The van der Waals surface area contributed by atoms with Gasteiger partial charge in [0.05, 0.1) is 18.8 Å². The van der Waals surface area contributed by atoms with E-state index in [9.17, 15) is 25.2 Å². The molecule has 4 unspecified atom stereocenters. The molecule has 0 fully saturated rings.